The zero-order valence-electron chi connectivity index (χ0n) is 12.0. The van der Waals surface area contributed by atoms with Crippen LogP contribution in [0.25, 0.3) is 6.08 Å². The maximum Gasteiger partial charge on any atom is 0.293 e. The number of hydrogen-bond donors (Lipinski definition) is 0. The van der Waals surface area contributed by atoms with E-state index in [1.54, 1.807) is 6.08 Å². The normalized spacial score (nSPS) is 16.7. The van der Waals surface area contributed by atoms with Crippen molar-refractivity contribution >= 4 is 51.9 Å². The van der Waals surface area contributed by atoms with E-state index in [0.29, 0.717) is 4.91 Å². The first-order chi connectivity index (χ1) is 11.0. The molecule has 1 aromatic carbocycles. The first-order valence-electron chi connectivity index (χ1n) is 6.69. The van der Waals surface area contributed by atoms with E-state index in [1.807, 2.05) is 18.4 Å². The van der Waals surface area contributed by atoms with Crippen LogP contribution in [0.4, 0.5) is 9.18 Å². The minimum absolute atomic E-state index is 0.144. The van der Waals surface area contributed by atoms with Crippen molar-refractivity contribution in [2.24, 2.45) is 0 Å². The van der Waals surface area contributed by atoms with Crippen molar-refractivity contribution in [2.45, 2.75) is 13.5 Å². The van der Waals surface area contributed by atoms with Gasteiger partial charge < -0.3 is 0 Å². The van der Waals surface area contributed by atoms with Gasteiger partial charge >= 0.3 is 0 Å². The van der Waals surface area contributed by atoms with Crippen LogP contribution in [0.5, 0.6) is 0 Å². The number of hydrogen-bond acceptors (Lipinski definition) is 4. The van der Waals surface area contributed by atoms with Gasteiger partial charge in [0.25, 0.3) is 11.1 Å². The SMILES string of the molecule is Cc1ccsc1/C=C1\SC(=O)N(Cc2c(F)cccc2Cl)C1=O. The summed E-state index contributed by atoms with van der Waals surface area (Å²) in [7, 11) is 0. The summed E-state index contributed by atoms with van der Waals surface area (Å²) < 4.78 is 13.9. The number of thioether (sulfide) groups is 1. The third-order valence-corrected chi connectivity index (χ3v) is 5.64. The molecule has 118 valence electrons. The Morgan fingerprint density at radius 2 is 2.09 bits per heavy atom. The lowest BCUT2D eigenvalue weighted by molar-refractivity contribution is -0.123. The third-order valence-electron chi connectivity index (χ3n) is 3.42. The van der Waals surface area contributed by atoms with Gasteiger partial charge in [-0.15, -0.1) is 11.3 Å². The molecule has 0 aliphatic carbocycles. The maximum absolute atomic E-state index is 13.9. The molecule has 1 aliphatic rings. The summed E-state index contributed by atoms with van der Waals surface area (Å²) in [6, 6.07) is 6.21. The predicted octanol–water partition coefficient (Wildman–Crippen LogP) is 5.09. The first kappa shape index (κ1) is 16.2. The highest BCUT2D eigenvalue weighted by molar-refractivity contribution is 8.18. The molecule has 1 aromatic heterocycles. The second-order valence-corrected chi connectivity index (χ2v) is 7.28. The van der Waals surface area contributed by atoms with Gasteiger partial charge in [-0.25, -0.2) is 4.39 Å². The second kappa shape index (κ2) is 6.47. The van der Waals surface area contributed by atoms with Gasteiger partial charge in [0.2, 0.25) is 0 Å². The van der Waals surface area contributed by atoms with Gasteiger partial charge in [-0.1, -0.05) is 17.7 Å². The molecule has 0 spiro atoms. The van der Waals surface area contributed by atoms with Gasteiger partial charge in [0.05, 0.1) is 11.4 Å². The molecule has 2 heterocycles. The highest BCUT2D eigenvalue weighted by Gasteiger charge is 2.36. The number of nitrogens with zero attached hydrogens (tertiary/aromatic N) is 1. The molecule has 3 nitrogen and oxygen atoms in total. The van der Waals surface area contributed by atoms with E-state index in [9.17, 15) is 14.0 Å². The Hall–Kier alpha value is -1.63. The molecule has 0 saturated carbocycles. The monoisotopic (exact) mass is 367 g/mol. The van der Waals surface area contributed by atoms with Crippen molar-refractivity contribution in [2.75, 3.05) is 0 Å². The molecule has 0 atom stereocenters. The standard InChI is InChI=1S/C16H11ClFNO2S2/c1-9-5-6-22-13(9)7-14-15(20)19(16(21)23-14)8-10-11(17)3-2-4-12(10)18/h2-7H,8H2,1H3/b14-7-. The number of carbonyl (C=O) groups is 2. The number of imide groups is 1. The molecular formula is C16H11ClFNO2S2. The lowest BCUT2D eigenvalue weighted by atomic mass is 10.2. The van der Waals surface area contributed by atoms with Crippen molar-refractivity contribution in [3.05, 3.63) is 61.4 Å². The van der Waals surface area contributed by atoms with Gasteiger partial charge in [-0.2, -0.15) is 0 Å². The van der Waals surface area contributed by atoms with Crippen LogP contribution in [-0.2, 0) is 11.3 Å². The lowest BCUT2D eigenvalue weighted by Gasteiger charge is -2.14. The highest BCUT2D eigenvalue weighted by Crippen LogP contribution is 2.35. The van der Waals surface area contributed by atoms with Crippen LogP contribution in [0.3, 0.4) is 0 Å². The average molecular weight is 368 g/mol. The van der Waals surface area contributed by atoms with Crippen molar-refractivity contribution in [1.82, 2.24) is 4.90 Å². The lowest BCUT2D eigenvalue weighted by Crippen LogP contribution is -2.28. The van der Waals surface area contributed by atoms with Gasteiger partial charge in [-0.05, 0) is 53.9 Å². The maximum atomic E-state index is 13.9. The summed E-state index contributed by atoms with van der Waals surface area (Å²) in [5.41, 5.74) is 1.18. The molecule has 7 heteroatoms. The number of carbonyl (C=O) groups excluding carboxylic acids is 2. The van der Waals surface area contributed by atoms with E-state index in [2.05, 4.69) is 0 Å². The quantitative estimate of drug-likeness (QED) is 0.709. The molecule has 0 bridgehead atoms. The van der Waals surface area contributed by atoms with Crippen molar-refractivity contribution < 1.29 is 14.0 Å². The summed E-state index contributed by atoms with van der Waals surface area (Å²) in [6.07, 6.45) is 1.70. The molecule has 1 fully saturated rings. The number of halogens is 2. The minimum Gasteiger partial charge on any atom is -0.268 e. The third kappa shape index (κ3) is 3.20. The summed E-state index contributed by atoms with van der Waals surface area (Å²) in [5.74, 6) is -0.957. The smallest absolute Gasteiger partial charge is 0.268 e. The molecule has 23 heavy (non-hydrogen) atoms. The zero-order chi connectivity index (χ0) is 16.6. The van der Waals surface area contributed by atoms with Crippen LogP contribution in [-0.4, -0.2) is 16.0 Å². The van der Waals surface area contributed by atoms with E-state index >= 15 is 0 Å². The van der Waals surface area contributed by atoms with Crippen LogP contribution in [0.2, 0.25) is 5.02 Å². The molecular weight excluding hydrogens is 357 g/mol. The average Bonchev–Trinajstić information content (AvgIpc) is 3.01. The molecule has 2 aromatic rings. The molecule has 0 N–H and O–H groups in total. The van der Waals surface area contributed by atoms with Crippen LogP contribution in [0, 0.1) is 12.7 Å². The van der Waals surface area contributed by atoms with E-state index in [-0.39, 0.29) is 17.1 Å². The fourth-order valence-corrected chi connectivity index (χ4v) is 4.11. The predicted molar refractivity (Wildman–Crippen MR) is 92.0 cm³/mol. The zero-order valence-corrected chi connectivity index (χ0v) is 14.4. The Labute approximate surface area is 145 Å². The molecule has 3 rings (SSSR count). The van der Waals surface area contributed by atoms with Gasteiger partial charge in [0.1, 0.15) is 5.82 Å². The number of thiophene rings is 1. The molecule has 0 unspecified atom stereocenters. The first-order valence-corrected chi connectivity index (χ1v) is 8.77. The minimum atomic E-state index is -0.533. The summed E-state index contributed by atoms with van der Waals surface area (Å²) in [5, 5.41) is 1.70. The largest absolute Gasteiger partial charge is 0.293 e. The topological polar surface area (TPSA) is 37.4 Å². The molecule has 1 aliphatic heterocycles. The Kier molecular flexibility index (Phi) is 4.57. The number of amides is 2. The van der Waals surface area contributed by atoms with Crippen molar-refractivity contribution in [1.29, 1.82) is 0 Å². The Bertz CT molecular complexity index is 811. The van der Waals surface area contributed by atoms with Crippen LogP contribution in [0.1, 0.15) is 16.0 Å². The van der Waals surface area contributed by atoms with E-state index in [0.717, 1.165) is 27.1 Å². The summed E-state index contributed by atoms with van der Waals surface area (Å²) >= 11 is 8.32. The van der Waals surface area contributed by atoms with Crippen molar-refractivity contribution in [3.63, 3.8) is 0 Å². The van der Waals surface area contributed by atoms with Gasteiger partial charge in [0.15, 0.2) is 0 Å². The Morgan fingerprint density at radius 3 is 2.74 bits per heavy atom. The number of benzene rings is 1. The highest BCUT2D eigenvalue weighted by atomic mass is 35.5. The van der Waals surface area contributed by atoms with Crippen LogP contribution in [0.15, 0.2) is 34.6 Å². The van der Waals surface area contributed by atoms with Crippen LogP contribution >= 0.6 is 34.7 Å². The van der Waals surface area contributed by atoms with Gasteiger partial charge in [-0.3, -0.25) is 14.5 Å². The molecule has 0 radical (unpaired) electrons. The number of rotatable bonds is 3. The van der Waals surface area contributed by atoms with Gasteiger partial charge in [0, 0.05) is 15.5 Å². The number of aryl methyl sites for hydroxylation is 1. The van der Waals surface area contributed by atoms with Crippen LogP contribution < -0.4 is 0 Å². The second-order valence-electron chi connectivity index (χ2n) is 4.94. The fourth-order valence-electron chi connectivity index (χ4n) is 2.13. The summed E-state index contributed by atoms with van der Waals surface area (Å²) in [4.78, 5) is 26.8. The Balaban J connectivity index is 1.88. The Morgan fingerprint density at radius 1 is 1.30 bits per heavy atom. The van der Waals surface area contributed by atoms with E-state index in [1.165, 1.54) is 29.5 Å². The van der Waals surface area contributed by atoms with Crippen molar-refractivity contribution in [3.8, 4) is 0 Å². The van der Waals surface area contributed by atoms with E-state index in [4.69, 9.17) is 11.6 Å². The fraction of sp³-hybridized carbons (Fsp3) is 0.125. The van der Waals surface area contributed by atoms with E-state index < -0.39 is 17.0 Å². The molecule has 2 amide bonds. The molecule has 1 saturated heterocycles. The summed E-state index contributed by atoms with van der Waals surface area (Å²) in [6.45, 7) is 1.77.